The normalized spacial score (nSPS) is 13.2. The van der Waals surface area contributed by atoms with Gasteiger partial charge in [0.1, 0.15) is 5.60 Å². The van der Waals surface area contributed by atoms with Crippen molar-refractivity contribution in [2.24, 2.45) is 0 Å². The van der Waals surface area contributed by atoms with Crippen LogP contribution in [0.2, 0.25) is 0 Å². The Kier molecular flexibility index (Phi) is 5.16. The van der Waals surface area contributed by atoms with Crippen LogP contribution in [0.4, 0.5) is 16.2 Å². The third-order valence-corrected chi connectivity index (χ3v) is 5.35. The molecule has 5 heteroatoms. The van der Waals surface area contributed by atoms with E-state index in [2.05, 4.69) is 35.0 Å². The minimum absolute atomic E-state index is 0.346. The zero-order valence-electron chi connectivity index (χ0n) is 14.9. The first-order valence-corrected chi connectivity index (χ1v) is 10.0. The van der Waals surface area contributed by atoms with E-state index in [1.807, 2.05) is 45.0 Å². The Morgan fingerprint density at radius 3 is 2.40 bits per heavy atom. The lowest BCUT2D eigenvalue weighted by atomic mass is 10.1. The van der Waals surface area contributed by atoms with Crippen LogP contribution in [0.15, 0.2) is 50.7 Å². The fourth-order valence-corrected chi connectivity index (χ4v) is 4.45. The van der Waals surface area contributed by atoms with E-state index in [0.717, 1.165) is 38.5 Å². The molecule has 3 nitrogen and oxygen atoms in total. The van der Waals surface area contributed by atoms with Crippen LogP contribution in [0.3, 0.4) is 0 Å². The van der Waals surface area contributed by atoms with E-state index < -0.39 is 5.60 Å². The number of amides is 1. The molecule has 1 aliphatic heterocycles. The van der Waals surface area contributed by atoms with Gasteiger partial charge >= 0.3 is 6.09 Å². The topological polar surface area (TPSA) is 29.5 Å². The summed E-state index contributed by atoms with van der Waals surface area (Å²) in [7, 11) is 0. The van der Waals surface area contributed by atoms with Crippen molar-refractivity contribution >= 4 is 45.2 Å². The number of halogens is 1. The lowest BCUT2D eigenvalue weighted by molar-refractivity contribution is 0.0597. The van der Waals surface area contributed by atoms with Gasteiger partial charge in [-0.3, -0.25) is 0 Å². The van der Waals surface area contributed by atoms with Crippen LogP contribution in [0.1, 0.15) is 39.7 Å². The highest BCUT2D eigenvalue weighted by molar-refractivity contribution is 9.10. The van der Waals surface area contributed by atoms with Gasteiger partial charge in [-0.15, -0.1) is 0 Å². The predicted octanol–water partition coefficient (Wildman–Crippen LogP) is 6.94. The van der Waals surface area contributed by atoms with Crippen molar-refractivity contribution in [3.63, 3.8) is 0 Å². The smallest absolute Gasteiger partial charge is 0.419 e. The Labute approximate surface area is 161 Å². The first-order valence-electron chi connectivity index (χ1n) is 8.42. The molecule has 0 saturated carbocycles. The van der Waals surface area contributed by atoms with Gasteiger partial charge in [0.15, 0.2) is 0 Å². The molecule has 0 bridgehead atoms. The molecule has 0 N–H and O–H groups in total. The summed E-state index contributed by atoms with van der Waals surface area (Å²) in [5, 5.41) is 0. The largest absolute Gasteiger partial charge is 0.443 e. The SMILES string of the molecule is CCCc1ccc2c(c1)Sc1cc(Br)ccc1N2C(=O)OC(C)(C)C. The highest BCUT2D eigenvalue weighted by Crippen LogP contribution is 2.49. The average molecular weight is 420 g/mol. The third kappa shape index (κ3) is 4.04. The maximum atomic E-state index is 12.9. The number of aryl methyl sites for hydroxylation is 1. The predicted molar refractivity (Wildman–Crippen MR) is 107 cm³/mol. The van der Waals surface area contributed by atoms with Crippen LogP contribution in [-0.4, -0.2) is 11.7 Å². The fourth-order valence-electron chi connectivity index (χ4n) is 2.78. The standard InChI is InChI=1S/C20H22BrNO2S/c1-5-6-13-7-9-15-17(11-13)25-18-12-14(21)8-10-16(18)22(15)19(23)24-20(2,3)4/h7-12H,5-6H2,1-4H3. The van der Waals surface area contributed by atoms with Crippen LogP contribution < -0.4 is 4.90 Å². The van der Waals surface area contributed by atoms with Gasteiger partial charge in [0.05, 0.1) is 11.4 Å². The summed E-state index contributed by atoms with van der Waals surface area (Å²) in [6, 6.07) is 12.3. The summed E-state index contributed by atoms with van der Waals surface area (Å²) >= 11 is 5.22. The number of carbonyl (C=O) groups is 1. The number of hydrogen-bond acceptors (Lipinski definition) is 3. The molecule has 1 amide bonds. The van der Waals surface area contributed by atoms with E-state index >= 15 is 0 Å². The summed E-state index contributed by atoms with van der Waals surface area (Å²) in [4.78, 5) is 16.7. The van der Waals surface area contributed by atoms with E-state index in [4.69, 9.17) is 4.74 Å². The van der Waals surface area contributed by atoms with Gasteiger partial charge < -0.3 is 4.74 Å². The number of fused-ring (bicyclic) bond motifs is 2. The van der Waals surface area contributed by atoms with Gasteiger partial charge in [0.2, 0.25) is 0 Å². The van der Waals surface area contributed by atoms with Crippen molar-refractivity contribution in [2.45, 2.75) is 55.9 Å². The second-order valence-electron chi connectivity index (χ2n) is 7.08. The highest BCUT2D eigenvalue weighted by atomic mass is 79.9. The molecule has 0 aliphatic carbocycles. The Bertz CT molecular complexity index is 814. The Morgan fingerprint density at radius 1 is 1.12 bits per heavy atom. The van der Waals surface area contributed by atoms with E-state index in [9.17, 15) is 4.79 Å². The highest BCUT2D eigenvalue weighted by Gasteiger charge is 2.32. The molecule has 25 heavy (non-hydrogen) atoms. The van der Waals surface area contributed by atoms with Crippen LogP contribution in [-0.2, 0) is 11.2 Å². The van der Waals surface area contributed by atoms with Gasteiger partial charge in [0.25, 0.3) is 0 Å². The Balaban J connectivity index is 2.09. The minimum atomic E-state index is -0.542. The maximum Gasteiger partial charge on any atom is 0.419 e. The quantitative estimate of drug-likeness (QED) is 0.527. The average Bonchev–Trinajstić information content (AvgIpc) is 2.50. The molecule has 0 saturated heterocycles. The molecule has 3 rings (SSSR count). The van der Waals surface area contributed by atoms with Crippen LogP contribution in [0, 0.1) is 0 Å². The van der Waals surface area contributed by atoms with Crippen molar-refractivity contribution in [3.8, 4) is 0 Å². The molecule has 0 aromatic heterocycles. The zero-order valence-corrected chi connectivity index (χ0v) is 17.3. The second kappa shape index (κ2) is 7.04. The van der Waals surface area contributed by atoms with E-state index in [1.165, 1.54) is 5.56 Å². The molecule has 1 aliphatic rings. The summed E-state index contributed by atoms with van der Waals surface area (Å²) in [6.07, 6.45) is 1.79. The van der Waals surface area contributed by atoms with Crippen molar-refractivity contribution in [2.75, 3.05) is 4.90 Å². The van der Waals surface area contributed by atoms with Gasteiger partial charge in [-0.05, 0) is 63.1 Å². The number of hydrogen-bond donors (Lipinski definition) is 0. The first kappa shape index (κ1) is 18.3. The second-order valence-corrected chi connectivity index (χ2v) is 9.08. The van der Waals surface area contributed by atoms with Crippen LogP contribution in [0.5, 0.6) is 0 Å². The number of benzene rings is 2. The van der Waals surface area contributed by atoms with Crippen molar-refractivity contribution in [1.82, 2.24) is 0 Å². The summed E-state index contributed by atoms with van der Waals surface area (Å²) in [5.41, 5.74) is 2.49. The number of anilines is 2. The van der Waals surface area contributed by atoms with E-state index in [0.29, 0.717) is 0 Å². The molecule has 2 aromatic rings. The fraction of sp³-hybridized carbons (Fsp3) is 0.350. The van der Waals surface area contributed by atoms with Crippen LogP contribution in [0.25, 0.3) is 0 Å². The van der Waals surface area contributed by atoms with Crippen molar-refractivity contribution in [3.05, 3.63) is 46.4 Å². The van der Waals surface area contributed by atoms with Gasteiger partial charge in [0, 0.05) is 14.3 Å². The monoisotopic (exact) mass is 419 g/mol. The number of carbonyl (C=O) groups excluding carboxylic acids is 1. The third-order valence-electron chi connectivity index (χ3n) is 3.76. The first-order chi connectivity index (χ1) is 11.8. The molecular formula is C20H22BrNO2S. The zero-order chi connectivity index (χ0) is 18.2. The Morgan fingerprint density at radius 2 is 1.76 bits per heavy atom. The molecule has 0 spiro atoms. The number of rotatable bonds is 2. The van der Waals surface area contributed by atoms with Crippen LogP contribution >= 0.6 is 27.7 Å². The summed E-state index contributed by atoms with van der Waals surface area (Å²) < 4.78 is 6.66. The minimum Gasteiger partial charge on any atom is -0.443 e. The van der Waals surface area contributed by atoms with E-state index in [1.54, 1.807) is 16.7 Å². The summed E-state index contributed by atoms with van der Waals surface area (Å²) in [6.45, 7) is 7.83. The van der Waals surface area contributed by atoms with Crippen molar-refractivity contribution in [1.29, 1.82) is 0 Å². The van der Waals surface area contributed by atoms with Crippen molar-refractivity contribution < 1.29 is 9.53 Å². The molecular weight excluding hydrogens is 398 g/mol. The molecule has 132 valence electrons. The lowest BCUT2D eigenvalue weighted by Gasteiger charge is -2.33. The maximum absolute atomic E-state index is 12.9. The molecule has 2 aromatic carbocycles. The number of nitrogens with zero attached hydrogens (tertiary/aromatic N) is 1. The molecule has 0 unspecified atom stereocenters. The molecule has 0 atom stereocenters. The van der Waals surface area contributed by atoms with Gasteiger partial charge in [-0.1, -0.05) is 47.1 Å². The number of ether oxygens (including phenoxy) is 1. The Hall–Kier alpha value is -1.46. The molecule has 1 heterocycles. The van der Waals surface area contributed by atoms with E-state index in [-0.39, 0.29) is 6.09 Å². The van der Waals surface area contributed by atoms with Gasteiger partial charge in [-0.2, -0.15) is 0 Å². The molecule has 0 radical (unpaired) electrons. The van der Waals surface area contributed by atoms with Gasteiger partial charge in [-0.25, -0.2) is 9.69 Å². The summed E-state index contributed by atoms with van der Waals surface area (Å²) in [5.74, 6) is 0. The molecule has 0 fully saturated rings. The lowest BCUT2D eigenvalue weighted by Crippen LogP contribution is -2.35.